The largest absolute Gasteiger partial charge is 0.508 e. The Morgan fingerprint density at radius 1 is 1.30 bits per heavy atom. The van der Waals surface area contributed by atoms with Crippen LogP contribution in [0, 0.1) is 8.84 Å². The van der Waals surface area contributed by atoms with Gasteiger partial charge in [-0.1, -0.05) is 18.2 Å². The molecule has 47 valence electrons. The van der Waals surface area contributed by atoms with Gasteiger partial charge < -0.3 is 5.11 Å². The topological polar surface area (TPSA) is 44.0 Å². The van der Waals surface area contributed by atoms with E-state index >= 15 is 0 Å². The summed E-state index contributed by atoms with van der Waals surface area (Å²) in [6.45, 7) is 0. The van der Waals surface area contributed by atoms with Crippen LogP contribution < -0.4 is 0 Å². The van der Waals surface area contributed by atoms with E-state index in [2.05, 4.69) is 0 Å². The molecular formula is C7H6HgNO. The van der Waals surface area contributed by atoms with Crippen LogP contribution in [0.5, 0.6) is 5.75 Å². The molecule has 0 unspecified atom stereocenters. The van der Waals surface area contributed by atoms with Crippen LogP contribution in [0.25, 0.3) is 0 Å². The summed E-state index contributed by atoms with van der Waals surface area (Å²) >= 11 is 0.372. The Bertz CT molecular complexity index is 205. The van der Waals surface area contributed by atoms with Crippen LogP contribution in [0.15, 0.2) is 30.3 Å². The smallest absolute Gasteiger partial charge is 0.115 e. The van der Waals surface area contributed by atoms with Crippen LogP contribution in [-0.4, -0.2) is 5.11 Å². The number of phenols is 1. The molecule has 0 bridgehead atoms. The summed E-state index contributed by atoms with van der Waals surface area (Å²) in [7, 11) is 0. The molecule has 1 rings (SSSR count). The number of para-hydroxylation sites is 1. The number of hydrogen-bond acceptors (Lipinski definition) is 2. The van der Waals surface area contributed by atoms with Crippen molar-refractivity contribution in [3.05, 3.63) is 30.3 Å². The van der Waals surface area contributed by atoms with Crippen LogP contribution in [0.4, 0.5) is 0 Å². The second-order valence-corrected chi connectivity index (χ2v) is 2.72. The van der Waals surface area contributed by atoms with Gasteiger partial charge in [0.15, 0.2) is 0 Å². The predicted octanol–water partition coefficient (Wildman–Crippen LogP) is 1.41. The molecule has 0 fully saturated rings. The van der Waals surface area contributed by atoms with E-state index in [0.29, 0.717) is 31.9 Å². The van der Waals surface area contributed by atoms with Crippen LogP contribution in [0.1, 0.15) is 0 Å². The first-order valence-corrected chi connectivity index (χ1v) is 5.46. The number of benzene rings is 1. The summed E-state index contributed by atoms with van der Waals surface area (Å²) in [5.74, 6) is 0.322. The average molecular weight is 321 g/mol. The van der Waals surface area contributed by atoms with Crippen molar-refractivity contribution in [1.29, 1.82) is 5.26 Å². The van der Waals surface area contributed by atoms with Gasteiger partial charge in [0.05, 0.1) is 0 Å². The maximum atomic E-state index is 8.63. The monoisotopic (exact) mass is 322 g/mol. The molecule has 0 aliphatic carbocycles. The fourth-order valence-electron chi connectivity index (χ4n) is 0.428. The molecule has 0 saturated heterocycles. The third-order valence-electron chi connectivity index (χ3n) is 0.756. The van der Waals surface area contributed by atoms with Crippen molar-refractivity contribution in [3.63, 3.8) is 0 Å². The molecule has 0 atom stereocenters. The van der Waals surface area contributed by atoms with Gasteiger partial charge in [0.1, 0.15) is 5.75 Å². The third-order valence-corrected chi connectivity index (χ3v) is 0.756. The summed E-state index contributed by atoms with van der Waals surface area (Å²) in [5, 5.41) is 16.0. The van der Waals surface area contributed by atoms with Gasteiger partial charge in [-0.2, -0.15) is 0 Å². The molecule has 1 aromatic carbocycles. The van der Waals surface area contributed by atoms with Gasteiger partial charge in [-0.25, -0.2) is 0 Å². The van der Waals surface area contributed by atoms with E-state index in [0.717, 1.165) is 0 Å². The molecule has 0 radical (unpaired) electrons. The molecule has 10 heavy (non-hydrogen) atoms. The molecule has 0 spiro atoms. The quantitative estimate of drug-likeness (QED) is 0.735. The van der Waals surface area contributed by atoms with E-state index in [-0.39, 0.29) is 0 Å². The number of rotatable bonds is 0. The van der Waals surface area contributed by atoms with Crippen LogP contribution in [0.2, 0.25) is 0 Å². The number of nitrogens with zero attached hydrogens (tertiary/aromatic N) is 1. The zero-order valence-electron chi connectivity index (χ0n) is 5.49. The first-order chi connectivity index (χ1) is 4.81. The fraction of sp³-hybridized carbons (Fsp3) is 0. The van der Waals surface area contributed by atoms with Gasteiger partial charge in [0.25, 0.3) is 0 Å². The second kappa shape index (κ2) is 6.56. The molecule has 0 aromatic heterocycles. The molecule has 0 amide bonds. The molecule has 0 aliphatic rings. The minimum Gasteiger partial charge on any atom is -0.508 e. The van der Waals surface area contributed by atoms with E-state index in [1.807, 2.05) is 9.64 Å². The minimum atomic E-state index is 0.322. The Morgan fingerprint density at radius 3 is 1.90 bits per heavy atom. The molecule has 0 heterocycles. The molecule has 2 nitrogen and oxygen atoms in total. The normalized spacial score (nSPS) is 6.90. The average Bonchev–Trinajstić information content (AvgIpc) is 1.91. The Morgan fingerprint density at radius 2 is 1.70 bits per heavy atom. The van der Waals surface area contributed by atoms with Crippen molar-refractivity contribution in [2.45, 2.75) is 0 Å². The van der Waals surface area contributed by atoms with Crippen LogP contribution in [-0.2, 0) is 26.1 Å². The number of phenolic OH excluding ortho intramolecular Hbond substituents is 1. The Balaban J connectivity index is 0.000000236. The molecule has 1 N–H and O–H groups in total. The Kier molecular flexibility index (Phi) is 6.20. The van der Waals surface area contributed by atoms with Gasteiger partial charge in [-0.15, -0.1) is 0 Å². The van der Waals surface area contributed by atoms with Crippen molar-refractivity contribution in [2.75, 3.05) is 0 Å². The SMILES string of the molecule is N#[C][Hg].Oc1ccccc1. The zero-order chi connectivity index (χ0) is 7.82. The Hall–Kier alpha value is -0.555. The summed E-state index contributed by atoms with van der Waals surface area (Å²) < 4.78 is 1.94. The van der Waals surface area contributed by atoms with Crippen molar-refractivity contribution in [1.82, 2.24) is 0 Å². The van der Waals surface area contributed by atoms with E-state index in [1.165, 1.54) is 0 Å². The van der Waals surface area contributed by atoms with Gasteiger partial charge in [-0.3, -0.25) is 0 Å². The van der Waals surface area contributed by atoms with E-state index in [9.17, 15) is 0 Å². The standard InChI is InChI=1S/C6H6O.CN.Hg/c7-6-4-2-1-3-5-6;1-2;/h1-5,7H;;. The summed E-state index contributed by atoms with van der Waals surface area (Å²) in [6.07, 6.45) is 0. The molecule has 0 saturated carbocycles. The number of hydrogen-bond donors (Lipinski definition) is 1. The van der Waals surface area contributed by atoms with Gasteiger partial charge in [-0.05, 0) is 12.1 Å². The van der Waals surface area contributed by atoms with E-state index in [4.69, 9.17) is 10.4 Å². The maximum Gasteiger partial charge on any atom is 0.115 e. The summed E-state index contributed by atoms with van der Waals surface area (Å²) in [6, 6.07) is 8.71. The van der Waals surface area contributed by atoms with Crippen LogP contribution in [0.3, 0.4) is 0 Å². The van der Waals surface area contributed by atoms with Crippen molar-refractivity contribution in [3.8, 4) is 9.33 Å². The zero-order valence-corrected chi connectivity index (χ0v) is 11.0. The van der Waals surface area contributed by atoms with Crippen molar-refractivity contribution < 1.29 is 31.2 Å². The molecule has 3 heteroatoms. The third kappa shape index (κ3) is 5.58. The second-order valence-electron chi connectivity index (χ2n) is 1.49. The molecule has 1 aromatic rings. The van der Waals surface area contributed by atoms with E-state index < -0.39 is 0 Å². The number of aromatic hydroxyl groups is 1. The minimum absolute atomic E-state index is 0.322. The first kappa shape index (κ1) is 9.45. The van der Waals surface area contributed by atoms with Crippen LogP contribution >= 0.6 is 0 Å². The Labute approximate surface area is 76.1 Å². The molecule has 0 aliphatic heterocycles. The van der Waals surface area contributed by atoms with Gasteiger partial charge in [0, 0.05) is 0 Å². The predicted molar refractivity (Wildman–Crippen MR) is 33.7 cm³/mol. The van der Waals surface area contributed by atoms with E-state index in [1.54, 1.807) is 24.3 Å². The van der Waals surface area contributed by atoms with Gasteiger partial charge in [0.2, 0.25) is 0 Å². The summed E-state index contributed by atoms with van der Waals surface area (Å²) in [4.78, 5) is 0. The summed E-state index contributed by atoms with van der Waals surface area (Å²) in [5.41, 5.74) is 0. The number of nitriles is 1. The van der Waals surface area contributed by atoms with Gasteiger partial charge >= 0.3 is 35.0 Å². The van der Waals surface area contributed by atoms with Crippen molar-refractivity contribution in [2.24, 2.45) is 0 Å². The maximum absolute atomic E-state index is 8.63. The molecular weight excluding hydrogens is 315 g/mol. The first-order valence-electron chi connectivity index (χ1n) is 2.71. The van der Waals surface area contributed by atoms with Crippen molar-refractivity contribution >= 4 is 0 Å². The fourth-order valence-corrected chi connectivity index (χ4v) is 0.428.